The van der Waals surface area contributed by atoms with Gasteiger partial charge in [0.05, 0.1) is 5.02 Å². The highest BCUT2D eigenvalue weighted by Crippen LogP contribution is 2.19. The number of benzene rings is 1. The Kier molecular flexibility index (Phi) is 4.91. The largest absolute Gasteiger partial charge is 0.367 e. The molecule has 0 unspecified atom stereocenters. The summed E-state index contributed by atoms with van der Waals surface area (Å²) in [6, 6.07) is 2.96. The zero-order valence-corrected chi connectivity index (χ0v) is 11.9. The maximum Gasteiger partial charge on any atom is 0.252 e. The maximum atomic E-state index is 11.8. The van der Waals surface area contributed by atoms with Crippen LogP contribution in [0.25, 0.3) is 0 Å². The number of rotatable bonds is 4. The summed E-state index contributed by atoms with van der Waals surface area (Å²) in [5.74, 6) is -2.66. The SMILES string of the molecule is NC(=O)C(NC(=O)c1ccc(Cl)c(I)c1)C(N)=O. The second kappa shape index (κ2) is 6.01. The minimum absolute atomic E-state index is 0.247. The van der Waals surface area contributed by atoms with Crippen molar-refractivity contribution < 1.29 is 14.4 Å². The van der Waals surface area contributed by atoms with Crippen LogP contribution in [0.2, 0.25) is 5.02 Å². The predicted molar refractivity (Wildman–Crippen MR) is 73.8 cm³/mol. The van der Waals surface area contributed by atoms with E-state index in [0.29, 0.717) is 8.59 Å². The maximum absolute atomic E-state index is 11.8. The molecule has 0 saturated carbocycles. The molecule has 0 aliphatic carbocycles. The summed E-state index contributed by atoms with van der Waals surface area (Å²) in [6.45, 7) is 0. The molecule has 0 radical (unpaired) electrons. The van der Waals surface area contributed by atoms with Crippen molar-refractivity contribution in [1.82, 2.24) is 5.32 Å². The van der Waals surface area contributed by atoms with Gasteiger partial charge in [0.1, 0.15) is 0 Å². The number of nitrogens with two attached hydrogens (primary N) is 2. The lowest BCUT2D eigenvalue weighted by Crippen LogP contribution is -2.52. The van der Waals surface area contributed by atoms with Crippen molar-refractivity contribution in [3.63, 3.8) is 0 Å². The van der Waals surface area contributed by atoms with Crippen molar-refractivity contribution in [3.05, 3.63) is 32.4 Å². The van der Waals surface area contributed by atoms with Crippen LogP contribution in [-0.2, 0) is 9.59 Å². The van der Waals surface area contributed by atoms with Crippen LogP contribution in [-0.4, -0.2) is 23.8 Å². The van der Waals surface area contributed by atoms with Gasteiger partial charge in [-0.1, -0.05) is 11.6 Å². The molecule has 5 N–H and O–H groups in total. The summed E-state index contributed by atoms with van der Waals surface area (Å²) < 4.78 is 0.664. The standard InChI is InChI=1S/C10H9ClIN3O3/c11-5-2-1-4(3-6(5)12)10(18)15-7(8(13)16)9(14)17/h1-3,7H,(H2,13,16)(H2,14,17)(H,15,18). The van der Waals surface area contributed by atoms with Crippen LogP contribution in [0.1, 0.15) is 10.4 Å². The van der Waals surface area contributed by atoms with Crippen LogP contribution in [0.4, 0.5) is 0 Å². The number of hydrogen-bond donors (Lipinski definition) is 3. The molecule has 18 heavy (non-hydrogen) atoms. The molecule has 0 atom stereocenters. The van der Waals surface area contributed by atoms with Crippen molar-refractivity contribution in [2.24, 2.45) is 11.5 Å². The lowest BCUT2D eigenvalue weighted by molar-refractivity contribution is -0.128. The third-order valence-corrected chi connectivity index (χ3v) is 3.57. The Balaban J connectivity index is 2.90. The predicted octanol–water partition coefficient (Wildman–Crippen LogP) is 0.0136. The number of halogens is 2. The van der Waals surface area contributed by atoms with E-state index in [4.69, 9.17) is 23.1 Å². The van der Waals surface area contributed by atoms with E-state index >= 15 is 0 Å². The van der Waals surface area contributed by atoms with Gasteiger partial charge >= 0.3 is 0 Å². The lowest BCUT2D eigenvalue weighted by Gasteiger charge is -2.12. The van der Waals surface area contributed by atoms with E-state index in [1.54, 1.807) is 0 Å². The number of primary amides is 2. The van der Waals surface area contributed by atoms with Gasteiger partial charge in [-0.3, -0.25) is 14.4 Å². The summed E-state index contributed by atoms with van der Waals surface area (Å²) in [5, 5.41) is 2.64. The summed E-state index contributed by atoms with van der Waals surface area (Å²) in [7, 11) is 0. The normalized spacial score (nSPS) is 10.2. The van der Waals surface area contributed by atoms with E-state index in [1.807, 2.05) is 22.6 Å². The average molecular weight is 382 g/mol. The first-order valence-corrected chi connectivity index (χ1v) is 6.13. The zero-order chi connectivity index (χ0) is 13.9. The smallest absolute Gasteiger partial charge is 0.252 e. The first-order valence-electron chi connectivity index (χ1n) is 4.67. The van der Waals surface area contributed by atoms with E-state index in [0.717, 1.165) is 0 Å². The molecular weight excluding hydrogens is 372 g/mol. The van der Waals surface area contributed by atoms with Crippen molar-refractivity contribution in [3.8, 4) is 0 Å². The topological polar surface area (TPSA) is 115 Å². The van der Waals surface area contributed by atoms with Gasteiger partial charge in [0.2, 0.25) is 11.8 Å². The molecule has 0 spiro atoms. The quantitative estimate of drug-likeness (QED) is 0.504. The number of carbonyl (C=O) groups is 3. The van der Waals surface area contributed by atoms with Crippen LogP contribution in [0.5, 0.6) is 0 Å². The fraction of sp³-hybridized carbons (Fsp3) is 0.100. The van der Waals surface area contributed by atoms with Gasteiger partial charge in [-0.25, -0.2) is 0 Å². The molecule has 0 aliphatic rings. The van der Waals surface area contributed by atoms with Crippen LogP contribution in [0.15, 0.2) is 18.2 Å². The van der Waals surface area contributed by atoms with Gasteiger partial charge in [0.25, 0.3) is 5.91 Å². The zero-order valence-electron chi connectivity index (χ0n) is 8.94. The molecule has 6 nitrogen and oxygen atoms in total. The fourth-order valence-corrected chi connectivity index (χ4v) is 1.77. The number of hydrogen-bond acceptors (Lipinski definition) is 3. The highest BCUT2D eigenvalue weighted by Gasteiger charge is 2.24. The molecule has 0 fully saturated rings. The summed E-state index contributed by atoms with van der Waals surface area (Å²) in [5.41, 5.74) is 10.1. The van der Waals surface area contributed by atoms with E-state index in [2.05, 4.69) is 5.32 Å². The molecule has 0 aliphatic heterocycles. The Hall–Kier alpha value is -1.35. The van der Waals surface area contributed by atoms with Crippen molar-refractivity contribution in [2.75, 3.05) is 0 Å². The van der Waals surface area contributed by atoms with Crippen molar-refractivity contribution in [1.29, 1.82) is 0 Å². The Morgan fingerprint density at radius 2 is 1.78 bits per heavy atom. The van der Waals surface area contributed by atoms with Crippen molar-refractivity contribution in [2.45, 2.75) is 6.04 Å². The van der Waals surface area contributed by atoms with E-state index in [-0.39, 0.29) is 5.56 Å². The van der Waals surface area contributed by atoms with Gasteiger partial charge in [-0.05, 0) is 40.8 Å². The number of nitrogens with one attached hydrogen (secondary N) is 1. The van der Waals surface area contributed by atoms with Crippen LogP contribution in [0.3, 0.4) is 0 Å². The molecule has 1 aromatic carbocycles. The lowest BCUT2D eigenvalue weighted by atomic mass is 10.2. The van der Waals surface area contributed by atoms with E-state index in [1.165, 1.54) is 18.2 Å². The third kappa shape index (κ3) is 3.57. The molecule has 8 heteroatoms. The minimum Gasteiger partial charge on any atom is -0.367 e. The minimum atomic E-state index is -1.54. The Bertz CT molecular complexity index is 507. The van der Waals surface area contributed by atoms with E-state index in [9.17, 15) is 14.4 Å². The Morgan fingerprint density at radius 1 is 1.22 bits per heavy atom. The Morgan fingerprint density at radius 3 is 2.22 bits per heavy atom. The van der Waals surface area contributed by atoms with Crippen LogP contribution < -0.4 is 16.8 Å². The highest BCUT2D eigenvalue weighted by atomic mass is 127. The molecule has 3 amide bonds. The van der Waals surface area contributed by atoms with Crippen molar-refractivity contribution >= 4 is 51.9 Å². The Labute approximate surface area is 121 Å². The molecule has 0 bridgehead atoms. The average Bonchev–Trinajstić information content (AvgIpc) is 2.28. The summed E-state index contributed by atoms with van der Waals surface area (Å²) >= 11 is 7.75. The second-order valence-corrected chi connectivity index (χ2v) is 4.91. The number of amides is 3. The highest BCUT2D eigenvalue weighted by molar-refractivity contribution is 14.1. The summed E-state index contributed by atoms with van der Waals surface area (Å²) in [4.78, 5) is 33.6. The summed E-state index contributed by atoms with van der Waals surface area (Å²) in [6.07, 6.45) is 0. The molecule has 0 aromatic heterocycles. The monoisotopic (exact) mass is 381 g/mol. The fourth-order valence-electron chi connectivity index (χ4n) is 1.13. The number of carbonyl (C=O) groups excluding carboxylic acids is 3. The van der Waals surface area contributed by atoms with Gasteiger partial charge in [0.15, 0.2) is 6.04 Å². The molecule has 1 rings (SSSR count). The molecule has 96 valence electrons. The first kappa shape index (κ1) is 14.7. The molecule has 0 heterocycles. The third-order valence-electron chi connectivity index (χ3n) is 2.03. The second-order valence-electron chi connectivity index (χ2n) is 3.34. The molecule has 0 saturated heterocycles. The van der Waals surface area contributed by atoms with E-state index < -0.39 is 23.8 Å². The van der Waals surface area contributed by atoms with Gasteiger partial charge in [-0.2, -0.15) is 0 Å². The van der Waals surface area contributed by atoms with Gasteiger partial charge in [0, 0.05) is 9.13 Å². The first-order chi connectivity index (χ1) is 8.32. The van der Waals surface area contributed by atoms with Crippen LogP contribution in [0, 0.1) is 3.57 Å². The molecule has 1 aromatic rings. The van der Waals surface area contributed by atoms with Gasteiger partial charge in [-0.15, -0.1) is 0 Å². The van der Waals surface area contributed by atoms with Gasteiger partial charge < -0.3 is 16.8 Å². The van der Waals surface area contributed by atoms with Crippen LogP contribution >= 0.6 is 34.2 Å². The molecular formula is C10H9ClIN3O3.